The van der Waals surface area contributed by atoms with E-state index >= 15 is 0 Å². The molecule has 52 valence electrons. The number of allylic oxidation sites excluding steroid dienone is 1. The first-order valence-corrected chi connectivity index (χ1v) is 5.25. The van der Waals surface area contributed by atoms with Crippen LogP contribution in [0, 0.1) is 0 Å². The van der Waals surface area contributed by atoms with E-state index in [9.17, 15) is 4.57 Å². The Hall–Kier alpha value is 0.510. The molecule has 0 N–H and O–H groups in total. The fourth-order valence-electron chi connectivity index (χ4n) is 0.486. The molecule has 2 nitrogen and oxygen atoms in total. The highest BCUT2D eigenvalue weighted by atomic mass is 35.7. The van der Waals surface area contributed by atoms with Gasteiger partial charge in [-0.2, -0.15) is 0 Å². The van der Waals surface area contributed by atoms with Crippen LogP contribution in [0.2, 0.25) is 0 Å². The topological polar surface area (TPSA) is 26.3 Å². The number of rotatable bonds is 0. The van der Waals surface area contributed by atoms with E-state index in [2.05, 4.69) is 4.52 Å². The lowest BCUT2D eigenvalue weighted by atomic mass is 10.5. The largest absolute Gasteiger partial charge is 0.317 e. The summed E-state index contributed by atoms with van der Waals surface area (Å²) in [6.07, 6.45) is 0. The summed E-state index contributed by atoms with van der Waals surface area (Å²) < 4.78 is 15.6. The van der Waals surface area contributed by atoms with Gasteiger partial charge >= 0.3 is 6.72 Å². The van der Waals surface area contributed by atoms with Gasteiger partial charge in [0, 0.05) is 5.31 Å². The normalized spacial score (nSPS) is 35.9. The van der Waals surface area contributed by atoms with Crippen molar-refractivity contribution in [1.29, 1.82) is 0 Å². The summed E-state index contributed by atoms with van der Waals surface area (Å²) in [5.41, 5.74) is 0. The molecule has 0 fully saturated rings. The van der Waals surface area contributed by atoms with Crippen molar-refractivity contribution in [2.45, 2.75) is 6.92 Å². The Morgan fingerprint density at radius 1 is 1.78 bits per heavy atom. The maximum Gasteiger partial charge on any atom is 0.317 e. The molecule has 0 bridgehead atoms. The molecule has 5 heteroatoms. The van der Waals surface area contributed by atoms with Gasteiger partial charge in [0.1, 0.15) is 0 Å². The highest BCUT2D eigenvalue weighted by molar-refractivity contribution is 7.88. The van der Waals surface area contributed by atoms with Crippen LogP contribution in [0.5, 0.6) is 0 Å². The summed E-state index contributed by atoms with van der Waals surface area (Å²) in [7, 11) is 0. The van der Waals surface area contributed by atoms with Gasteiger partial charge in [-0.3, -0.25) is 4.57 Å². The van der Waals surface area contributed by atoms with E-state index in [-0.39, 0.29) is 6.61 Å². The van der Waals surface area contributed by atoms with Crippen molar-refractivity contribution in [3.63, 3.8) is 0 Å². The lowest BCUT2D eigenvalue weighted by molar-refractivity contribution is 0.379. The third kappa shape index (κ3) is 1.32. The van der Waals surface area contributed by atoms with E-state index < -0.39 is 6.72 Å². The summed E-state index contributed by atoms with van der Waals surface area (Å²) in [5.74, 6) is 0. The predicted octanol–water partition coefficient (Wildman–Crippen LogP) is 2.92. The molecule has 1 unspecified atom stereocenters. The fraction of sp³-hybridized carbons (Fsp3) is 0.500. The zero-order valence-corrected chi connectivity index (χ0v) is 7.13. The van der Waals surface area contributed by atoms with Crippen molar-refractivity contribution in [3.05, 3.63) is 10.3 Å². The molecule has 0 amide bonds. The van der Waals surface area contributed by atoms with Crippen molar-refractivity contribution in [3.8, 4) is 0 Å². The van der Waals surface area contributed by atoms with Gasteiger partial charge < -0.3 is 4.52 Å². The highest BCUT2D eigenvalue weighted by Crippen LogP contribution is 2.64. The molecule has 0 radical (unpaired) electrons. The number of hydrogen-bond acceptors (Lipinski definition) is 2. The molecule has 0 spiro atoms. The molecule has 9 heavy (non-hydrogen) atoms. The van der Waals surface area contributed by atoms with Crippen molar-refractivity contribution in [2.24, 2.45) is 0 Å². The average Bonchev–Trinajstić information content (AvgIpc) is 1.97. The molecule has 0 saturated heterocycles. The monoisotopic (exact) mass is 186 g/mol. The van der Waals surface area contributed by atoms with E-state index in [4.69, 9.17) is 22.8 Å². The summed E-state index contributed by atoms with van der Waals surface area (Å²) in [6.45, 7) is -1.17. The quantitative estimate of drug-likeness (QED) is 0.545. The van der Waals surface area contributed by atoms with Crippen LogP contribution < -0.4 is 0 Å². The molecule has 0 aromatic rings. The van der Waals surface area contributed by atoms with Crippen LogP contribution in [-0.4, -0.2) is 6.61 Å². The fourth-order valence-corrected chi connectivity index (χ4v) is 2.38. The van der Waals surface area contributed by atoms with E-state index in [0.717, 1.165) is 0 Å². The average molecular weight is 187 g/mol. The Labute approximate surface area is 63.0 Å². The Kier molecular flexibility index (Phi) is 1.93. The maximum atomic E-state index is 11.0. The Bertz CT molecular complexity index is 211. The van der Waals surface area contributed by atoms with Crippen LogP contribution in [0.1, 0.15) is 6.92 Å². The SMILES string of the molecule is CC1=C(Cl)COP1(=O)Cl. The minimum absolute atomic E-state index is 0.189. The van der Waals surface area contributed by atoms with Gasteiger partial charge in [0.05, 0.1) is 11.6 Å². The van der Waals surface area contributed by atoms with Crippen molar-refractivity contribution in [2.75, 3.05) is 6.61 Å². The molecule has 1 aliphatic heterocycles. The van der Waals surface area contributed by atoms with Crippen molar-refractivity contribution >= 4 is 29.6 Å². The molecular weight excluding hydrogens is 182 g/mol. The lowest BCUT2D eigenvalue weighted by Gasteiger charge is -1.98. The lowest BCUT2D eigenvalue weighted by Crippen LogP contribution is -1.75. The number of halogens is 2. The maximum absolute atomic E-state index is 11.0. The third-order valence-electron chi connectivity index (χ3n) is 1.15. The van der Waals surface area contributed by atoms with Crippen molar-refractivity contribution in [1.82, 2.24) is 0 Å². The highest BCUT2D eigenvalue weighted by Gasteiger charge is 2.31. The number of hydrogen-bond donors (Lipinski definition) is 0. The Morgan fingerprint density at radius 2 is 2.33 bits per heavy atom. The Morgan fingerprint density at radius 3 is 2.44 bits per heavy atom. The molecule has 0 aromatic heterocycles. The van der Waals surface area contributed by atoms with Crippen LogP contribution in [-0.2, 0) is 9.09 Å². The Balaban J connectivity index is 3.02. The summed E-state index contributed by atoms with van der Waals surface area (Å²) in [4.78, 5) is 0. The minimum atomic E-state index is -2.97. The summed E-state index contributed by atoms with van der Waals surface area (Å²) in [6, 6.07) is 0. The van der Waals surface area contributed by atoms with Crippen LogP contribution in [0.4, 0.5) is 0 Å². The second kappa shape index (κ2) is 2.28. The van der Waals surface area contributed by atoms with Gasteiger partial charge in [0.25, 0.3) is 0 Å². The van der Waals surface area contributed by atoms with Gasteiger partial charge in [-0.15, -0.1) is 0 Å². The zero-order valence-electron chi connectivity index (χ0n) is 4.73. The van der Waals surface area contributed by atoms with Crippen LogP contribution in [0.25, 0.3) is 0 Å². The first kappa shape index (κ1) is 7.62. The molecule has 1 heterocycles. The standard InChI is InChI=1S/C4H5Cl2O2P/c1-3-4(5)2-8-9(3,6)7/h2H2,1H3. The molecular formula is C4H5Cl2O2P. The van der Waals surface area contributed by atoms with Gasteiger partial charge in [-0.05, 0) is 18.2 Å². The molecule has 0 aromatic carbocycles. The second-order valence-corrected chi connectivity index (χ2v) is 5.42. The van der Waals surface area contributed by atoms with Crippen LogP contribution in [0.3, 0.4) is 0 Å². The summed E-state index contributed by atoms with van der Waals surface area (Å²) in [5, 5.41) is 0.944. The molecule has 1 atom stereocenters. The van der Waals surface area contributed by atoms with E-state index in [1.165, 1.54) is 0 Å². The van der Waals surface area contributed by atoms with E-state index in [1.54, 1.807) is 6.92 Å². The van der Waals surface area contributed by atoms with Gasteiger partial charge in [0.2, 0.25) is 0 Å². The molecule has 0 saturated carbocycles. The van der Waals surface area contributed by atoms with Crippen LogP contribution in [0.15, 0.2) is 10.3 Å². The van der Waals surface area contributed by atoms with Gasteiger partial charge in [0.15, 0.2) is 0 Å². The first-order valence-electron chi connectivity index (χ1n) is 2.34. The smallest absolute Gasteiger partial charge is 0.309 e. The molecule has 1 aliphatic rings. The van der Waals surface area contributed by atoms with Gasteiger partial charge in [-0.25, -0.2) is 0 Å². The van der Waals surface area contributed by atoms with Gasteiger partial charge in [-0.1, -0.05) is 11.6 Å². The van der Waals surface area contributed by atoms with Crippen LogP contribution >= 0.6 is 29.6 Å². The first-order chi connectivity index (χ1) is 4.04. The molecule has 0 aliphatic carbocycles. The summed E-state index contributed by atoms with van der Waals surface area (Å²) >= 11 is 10.9. The third-order valence-corrected chi connectivity index (χ3v) is 4.26. The minimum Gasteiger partial charge on any atom is -0.309 e. The zero-order chi connectivity index (χ0) is 7.07. The second-order valence-electron chi connectivity index (χ2n) is 1.74. The van der Waals surface area contributed by atoms with Crippen molar-refractivity contribution < 1.29 is 9.09 Å². The molecule has 1 rings (SSSR count). The van der Waals surface area contributed by atoms with E-state index in [1.807, 2.05) is 0 Å². The van der Waals surface area contributed by atoms with E-state index in [0.29, 0.717) is 10.3 Å². The predicted molar refractivity (Wildman–Crippen MR) is 38.0 cm³/mol.